The van der Waals surface area contributed by atoms with E-state index in [0.717, 1.165) is 11.3 Å². The maximum atomic E-state index is 5.60. The van der Waals surface area contributed by atoms with Gasteiger partial charge in [-0.1, -0.05) is 18.2 Å². The average Bonchev–Trinajstić information content (AvgIpc) is 2.25. The van der Waals surface area contributed by atoms with E-state index in [1.54, 1.807) is 18.3 Å². The molecular formula is C12H12N2O. The van der Waals surface area contributed by atoms with Crippen molar-refractivity contribution in [3.05, 3.63) is 48.2 Å². The Labute approximate surface area is 88.5 Å². The summed E-state index contributed by atoms with van der Waals surface area (Å²) in [7, 11) is 0. The monoisotopic (exact) mass is 200 g/mol. The van der Waals surface area contributed by atoms with Crippen LogP contribution in [0.15, 0.2) is 42.6 Å². The van der Waals surface area contributed by atoms with E-state index < -0.39 is 0 Å². The van der Waals surface area contributed by atoms with Crippen LogP contribution in [-0.4, -0.2) is 4.98 Å². The van der Waals surface area contributed by atoms with Gasteiger partial charge in [-0.05, 0) is 24.6 Å². The Balaban J connectivity index is 2.22. The SMILES string of the molecule is Cc1ccccc1Oc1ccc(N)cn1. The van der Waals surface area contributed by atoms with Crippen molar-refractivity contribution >= 4 is 5.69 Å². The summed E-state index contributed by atoms with van der Waals surface area (Å²) in [6.07, 6.45) is 1.58. The summed E-state index contributed by atoms with van der Waals surface area (Å²) in [6, 6.07) is 11.3. The summed E-state index contributed by atoms with van der Waals surface area (Å²) < 4.78 is 5.60. The molecule has 2 N–H and O–H groups in total. The summed E-state index contributed by atoms with van der Waals surface area (Å²) in [5.41, 5.74) is 7.24. The summed E-state index contributed by atoms with van der Waals surface area (Å²) in [5.74, 6) is 1.37. The lowest BCUT2D eigenvalue weighted by atomic mass is 10.2. The highest BCUT2D eigenvalue weighted by molar-refractivity contribution is 5.39. The Morgan fingerprint density at radius 3 is 2.60 bits per heavy atom. The number of nitrogens with zero attached hydrogens (tertiary/aromatic N) is 1. The largest absolute Gasteiger partial charge is 0.439 e. The van der Waals surface area contributed by atoms with E-state index in [0.29, 0.717) is 11.6 Å². The van der Waals surface area contributed by atoms with E-state index >= 15 is 0 Å². The molecule has 76 valence electrons. The molecule has 3 heteroatoms. The van der Waals surface area contributed by atoms with Crippen molar-refractivity contribution in [1.82, 2.24) is 4.98 Å². The van der Waals surface area contributed by atoms with E-state index in [9.17, 15) is 0 Å². The molecule has 2 rings (SSSR count). The molecule has 0 aliphatic carbocycles. The number of anilines is 1. The lowest BCUT2D eigenvalue weighted by Gasteiger charge is -2.06. The first kappa shape index (κ1) is 9.52. The van der Waals surface area contributed by atoms with Crippen LogP contribution < -0.4 is 10.5 Å². The molecule has 1 heterocycles. The number of hydrogen-bond donors (Lipinski definition) is 1. The maximum absolute atomic E-state index is 5.60. The van der Waals surface area contributed by atoms with Crippen LogP contribution in [0.5, 0.6) is 11.6 Å². The minimum atomic E-state index is 0.554. The molecule has 0 aliphatic rings. The van der Waals surface area contributed by atoms with E-state index in [1.165, 1.54) is 0 Å². The number of nitrogens with two attached hydrogens (primary N) is 1. The maximum Gasteiger partial charge on any atom is 0.219 e. The minimum Gasteiger partial charge on any atom is -0.439 e. The van der Waals surface area contributed by atoms with Gasteiger partial charge in [-0.3, -0.25) is 0 Å². The normalized spacial score (nSPS) is 9.93. The highest BCUT2D eigenvalue weighted by atomic mass is 16.5. The molecule has 0 fully saturated rings. The molecule has 0 amide bonds. The van der Waals surface area contributed by atoms with Gasteiger partial charge in [-0.2, -0.15) is 0 Å². The van der Waals surface area contributed by atoms with Crippen LogP contribution in [-0.2, 0) is 0 Å². The second-order valence-corrected chi connectivity index (χ2v) is 3.30. The van der Waals surface area contributed by atoms with Crippen molar-refractivity contribution < 1.29 is 4.74 Å². The van der Waals surface area contributed by atoms with Gasteiger partial charge in [0.2, 0.25) is 5.88 Å². The van der Waals surface area contributed by atoms with Gasteiger partial charge in [0.25, 0.3) is 0 Å². The Morgan fingerprint density at radius 2 is 1.93 bits per heavy atom. The molecule has 0 spiro atoms. The highest BCUT2D eigenvalue weighted by Crippen LogP contribution is 2.22. The summed E-state index contributed by atoms with van der Waals surface area (Å²) >= 11 is 0. The number of aromatic nitrogens is 1. The number of benzene rings is 1. The fraction of sp³-hybridized carbons (Fsp3) is 0.0833. The van der Waals surface area contributed by atoms with Crippen molar-refractivity contribution in [2.24, 2.45) is 0 Å². The quantitative estimate of drug-likeness (QED) is 0.810. The zero-order valence-electron chi connectivity index (χ0n) is 8.47. The van der Waals surface area contributed by atoms with Gasteiger partial charge in [0.05, 0.1) is 11.9 Å². The first-order valence-corrected chi connectivity index (χ1v) is 4.71. The molecular weight excluding hydrogens is 188 g/mol. The number of nitrogen functional groups attached to an aromatic ring is 1. The first-order chi connectivity index (χ1) is 7.25. The molecule has 1 aromatic heterocycles. The Kier molecular flexibility index (Phi) is 2.54. The number of rotatable bonds is 2. The lowest BCUT2D eigenvalue weighted by molar-refractivity contribution is 0.459. The van der Waals surface area contributed by atoms with Crippen LogP contribution >= 0.6 is 0 Å². The Bertz CT molecular complexity index is 451. The first-order valence-electron chi connectivity index (χ1n) is 4.71. The van der Waals surface area contributed by atoms with Gasteiger partial charge in [-0.15, -0.1) is 0 Å². The predicted molar refractivity (Wildman–Crippen MR) is 59.9 cm³/mol. The molecule has 3 nitrogen and oxygen atoms in total. The predicted octanol–water partition coefficient (Wildman–Crippen LogP) is 2.76. The van der Waals surface area contributed by atoms with Gasteiger partial charge in [0, 0.05) is 6.07 Å². The molecule has 1 aromatic carbocycles. The van der Waals surface area contributed by atoms with Gasteiger partial charge in [-0.25, -0.2) is 4.98 Å². The third kappa shape index (κ3) is 2.26. The van der Waals surface area contributed by atoms with Crippen molar-refractivity contribution in [3.8, 4) is 11.6 Å². The van der Waals surface area contributed by atoms with Crippen molar-refractivity contribution in [2.45, 2.75) is 6.92 Å². The topological polar surface area (TPSA) is 48.1 Å². The van der Waals surface area contributed by atoms with Gasteiger partial charge in [0.15, 0.2) is 0 Å². The minimum absolute atomic E-state index is 0.554. The summed E-state index contributed by atoms with van der Waals surface area (Å²) in [5, 5.41) is 0. The fourth-order valence-electron chi connectivity index (χ4n) is 1.24. The van der Waals surface area contributed by atoms with Crippen LogP contribution in [0.1, 0.15) is 5.56 Å². The highest BCUT2D eigenvalue weighted by Gasteiger charge is 2.00. The molecule has 0 bridgehead atoms. The van der Waals surface area contributed by atoms with Crippen molar-refractivity contribution in [1.29, 1.82) is 0 Å². The van der Waals surface area contributed by atoms with E-state index in [4.69, 9.17) is 10.5 Å². The molecule has 0 unspecified atom stereocenters. The number of ether oxygens (including phenoxy) is 1. The zero-order valence-corrected chi connectivity index (χ0v) is 8.47. The number of para-hydroxylation sites is 1. The van der Waals surface area contributed by atoms with Gasteiger partial charge in [0.1, 0.15) is 5.75 Å². The molecule has 0 atom stereocenters. The van der Waals surface area contributed by atoms with Gasteiger partial charge >= 0.3 is 0 Å². The summed E-state index contributed by atoms with van der Waals surface area (Å²) in [6.45, 7) is 1.99. The number of aryl methyl sites for hydroxylation is 1. The van der Waals surface area contributed by atoms with Crippen LogP contribution in [0.3, 0.4) is 0 Å². The average molecular weight is 200 g/mol. The number of hydrogen-bond acceptors (Lipinski definition) is 3. The van der Waals surface area contributed by atoms with E-state index in [-0.39, 0.29) is 0 Å². The molecule has 15 heavy (non-hydrogen) atoms. The third-order valence-electron chi connectivity index (χ3n) is 2.07. The molecule has 2 aromatic rings. The number of pyridine rings is 1. The van der Waals surface area contributed by atoms with Gasteiger partial charge < -0.3 is 10.5 Å². The van der Waals surface area contributed by atoms with Crippen LogP contribution in [0.2, 0.25) is 0 Å². The fourth-order valence-corrected chi connectivity index (χ4v) is 1.24. The summed E-state index contributed by atoms with van der Waals surface area (Å²) in [4.78, 5) is 4.07. The van der Waals surface area contributed by atoms with Crippen molar-refractivity contribution in [2.75, 3.05) is 5.73 Å². The molecule has 0 aliphatic heterocycles. The standard InChI is InChI=1S/C12H12N2O/c1-9-4-2-3-5-11(9)15-12-7-6-10(13)8-14-12/h2-8H,13H2,1H3. The lowest BCUT2D eigenvalue weighted by Crippen LogP contribution is -1.91. The van der Waals surface area contributed by atoms with E-state index in [2.05, 4.69) is 4.98 Å². The third-order valence-corrected chi connectivity index (χ3v) is 2.07. The van der Waals surface area contributed by atoms with Crippen LogP contribution in [0.4, 0.5) is 5.69 Å². The van der Waals surface area contributed by atoms with Crippen LogP contribution in [0.25, 0.3) is 0 Å². The molecule has 0 saturated heterocycles. The van der Waals surface area contributed by atoms with E-state index in [1.807, 2.05) is 31.2 Å². The zero-order chi connectivity index (χ0) is 10.7. The Morgan fingerprint density at radius 1 is 1.13 bits per heavy atom. The molecule has 0 saturated carbocycles. The molecule has 0 radical (unpaired) electrons. The van der Waals surface area contributed by atoms with Crippen molar-refractivity contribution in [3.63, 3.8) is 0 Å². The smallest absolute Gasteiger partial charge is 0.219 e. The second-order valence-electron chi connectivity index (χ2n) is 3.30. The Hall–Kier alpha value is -2.03. The van der Waals surface area contributed by atoms with Crippen LogP contribution in [0, 0.1) is 6.92 Å². The second kappa shape index (κ2) is 4.00.